The lowest BCUT2D eigenvalue weighted by Crippen LogP contribution is -2.49. The van der Waals surface area contributed by atoms with Gasteiger partial charge in [-0.15, -0.1) is 0 Å². The summed E-state index contributed by atoms with van der Waals surface area (Å²) in [5.74, 6) is -0.240. The van der Waals surface area contributed by atoms with E-state index in [1.807, 2.05) is 0 Å². The van der Waals surface area contributed by atoms with E-state index in [0.717, 1.165) is 12.1 Å². The largest absolute Gasteiger partial charge is 0.490 e. The maximum Gasteiger partial charge on any atom is 0.439 e. The molecule has 208 valence electrons. The van der Waals surface area contributed by atoms with Gasteiger partial charge in [0.1, 0.15) is 25.4 Å². The van der Waals surface area contributed by atoms with E-state index in [9.17, 15) is 31.1 Å². The zero-order valence-corrected chi connectivity index (χ0v) is 20.9. The van der Waals surface area contributed by atoms with Crippen LogP contribution in [0.4, 0.5) is 26.3 Å². The van der Waals surface area contributed by atoms with Crippen LogP contribution in [-0.4, -0.2) is 76.8 Å². The van der Waals surface area contributed by atoms with E-state index >= 15 is 0 Å². The summed E-state index contributed by atoms with van der Waals surface area (Å²) >= 11 is 0.133. The number of ether oxygens (including phenoxy) is 2. The van der Waals surface area contributed by atoms with Crippen LogP contribution in [0.2, 0.25) is 0 Å². The van der Waals surface area contributed by atoms with Gasteiger partial charge in [-0.1, -0.05) is 0 Å². The number of thioether (sulfide) groups is 1. The number of hydrogen-bond acceptors (Lipinski definition) is 6. The summed E-state index contributed by atoms with van der Waals surface area (Å²) in [4.78, 5) is 14.0. The molecule has 1 aliphatic heterocycles. The Balaban J connectivity index is 1.41. The van der Waals surface area contributed by atoms with Crippen molar-refractivity contribution >= 4 is 27.9 Å². The molecule has 15 heteroatoms. The number of carbonyl (C=O) groups is 1. The van der Waals surface area contributed by atoms with Crippen molar-refractivity contribution in [3.05, 3.63) is 29.3 Å². The van der Waals surface area contributed by atoms with Crippen molar-refractivity contribution in [2.75, 3.05) is 32.8 Å². The fourth-order valence-corrected chi connectivity index (χ4v) is 4.76. The van der Waals surface area contributed by atoms with Crippen LogP contribution >= 0.6 is 11.8 Å². The minimum atomic E-state index is -4.77. The molecule has 1 heterocycles. The summed E-state index contributed by atoms with van der Waals surface area (Å²) in [6.07, 6.45) is -7.88. The summed E-state index contributed by atoms with van der Waals surface area (Å²) in [6, 6.07) is 4.76. The average Bonchev–Trinajstić information content (AvgIpc) is 2.87. The highest BCUT2D eigenvalue weighted by molar-refractivity contribution is 8.26. The Morgan fingerprint density at radius 1 is 1.13 bits per heavy atom. The maximum absolute atomic E-state index is 13.2. The molecule has 1 saturated carbocycles. The van der Waals surface area contributed by atoms with Crippen molar-refractivity contribution in [2.24, 2.45) is 5.73 Å². The van der Waals surface area contributed by atoms with Crippen molar-refractivity contribution in [3.63, 3.8) is 0 Å². The number of piperazine rings is 1. The first-order valence-corrected chi connectivity index (χ1v) is 12.5. The van der Waals surface area contributed by atoms with E-state index in [2.05, 4.69) is 0 Å². The van der Waals surface area contributed by atoms with Gasteiger partial charge in [0.2, 0.25) is 5.91 Å². The highest BCUT2D eigenvalue weighted by atomic mass is 32.2. The lowest BCUT2D eigenvalue weighted by Gasteiger charge is -2.31. The third-order valence-electron chi connectivity index (χ3n) is 6.19. The van der Waals surface area contributed by atoms with Gasteiger partial charge in [-0.2, -0.15) is 31.6 Å². The average molecular weight is 567 g/mol. The standard InChI is InChI=1S/C23H25F6N5O3S/c24-22(25,26)18-11-17(2-1-14(18)12-30)37-16-5-3-15(4-6-16)36-13-19(35)33-7-9-34(10-8-33)21(32)38-20(31)23(27,28)29/h1-2,11,15-16,31-32H,3-10,13H2/p+1. The first-order valence-electron chi connectivity index (χ1n) is 11.7. The summed E-state index contributed by atoms with van der Waals surface area (Å²) in [6.45, 7) is 0.766. The van der Waals surface area contributed by atoms with Gasteiger partial charge < -0.3 is 14.4 Å². The third kappa shape index (κ3) is 8.00. The van der Waals surface area contributed by atoms with Crippen LogP contribution in [0, 0.1) is 16.7 Å². The molecule has 0 radical (unpaired) electrons. The summed E-state index contributed by atoms with van der Waals surface area (Å²) in [5.41, 5.74) is 4.16. The highest BCUT2D eigenvalue weighted by Crippen LogP contribution is 2.35. The lowest BCUT2D eigenvalue weighted by molar-refractivity contribution is -0.536. The molecule has 0 atom stereocenters. The van der Waals surface area contributed by atoms with E-state index in [1.165, 1.54) is 21.6 Å². The zero-order chi connectivity index (χ0) is 28.1. The molecule has 38 heavy (non-hydrogen) atoms. The van der Waals surface area contributed by atoms with Gasteiger partial charge in [0.05, 0.1) is 42.5 Å². The van der Waals surface area contributed by atoms with Crippen LogP contribution in [0.1, 0.15) is 36.8 Å². The zero-order valence-electron chi connectivity index (χ0n) is 20.1. The molecule has 0 spiro atoms. The molecule has 2 aliphatic rings. The fraction of sp³-hybridized carbons (Fsp3) is 0.565. The molecule has 1 amide bonds. The third-order valence-corrected chi connectivity index (χ3v) is 7.09. The number of amides is 1. The number of rotatable bonds is 5. The second-order valence-corrected chi connectivity index (χ2v) is 9.81. The Morgan fingerprint density at radius 3 is 2.29 bits per heavy atom. The number of hydrogen-bond donors (Lipinski definition) is 2. The normalized spacial score (nSPS) is 20.6. The second kappa shape index (κ2) is 12.2. The topological polar surface area (TPSA) is 115 Å². The minimum absolute atomic E-state index is 0.0292. The van der Waals surface area contributed by atoms with Gasteiger partial charge in [0.15, 0.2) is 5.04 Å². The molecule has 0 bridgehead atoms. The molecule has 1 aromatic rings. The number of amidine groups is 1. The van der Waals surface area contributed by atoms with Gasteiger partial charge in [-0.3, -0.25) is 20.5 Å². The van der Waals surface area contributed by atoms with Gasteiger partial charge in [0, 0.05) is 11.8 Å². The number of nitrogens with one attached hydrogen (secondary N) is 1. The Labute approximate surface area is 218 Å². The van der Waals surface area contributed by atoms with Crippen molar-refractivity contribution in [1.29, 1.82) is 10.7 Å². The number of alkyl halides is 6. The van der Waals surface area contributed by atoms with E-state index in [-0.39, 0.29) is 73.6 Å². The predicted octanol–water partition coefficient (Wildman–Crippen LogP) is 3.73. The molecular formula is C23H26F6N5O3S+. The molecule has 0 aromatic heterocycles. The molecular weight excluding hydrogens is 540 g/mol. The van der Waals surface area contributed by atoms with Crippen LogP contribution in [-0.2, 0) is 15.7 Å². The monoisotopic (exact) mass is 566 g/mol. The van der Waals surface area contributed by atoms with Gasteiger partial charge in [-0.05, 0) is 43.9 Å². The Bertz CT molecular complexity index is 1100. The lowest BCUT2D eigenvalue weighted by atomic mass is 9.95. The van der Waals surface area contributed by atoms with Gasteiger partial charge >= 0.3 is 17.5 Å². The molecule has 0 unspecified atom stereocenters. The van der Waals surface area contributed by atoms with Gasteiger partial charge in [0.25, 0.3) is 0 Å². The molecule has 8 nitrogen and oxygen atoms in total. The quantitative estimate of drug-likeness (QED) is 0.243. The van der Waals surface area contributed by atoms with Crippen LogP contribution in [0.5, 0.6) is 5.75 Å². The molecule has 1 aromatic carbocycles. The van der Waals surface area contributed by atoms with Crippen molar-refractivity contribution < 1.29 is 45.2 Å². The molecule has 3 N–H and O–H groups in total. The molecule has 3 rings (SSSR count). The highest BCUT2D eigenvalue weighted by Gasteiger charge is 2.38. The van der Waals surface area contributed by atoms with E-state index in [1.54, 1.807) is 0 Å². The first kappa shape index (κ1) is 29.6. The van der Waals surface area contributed by atoms with Crippen LogP contribution in [0.15, 0.2) is 18.2 Å². The van der Waals surface area contributed by atoms with Crippen molar-refractivity contribution in [2.45, 2.75) is 50.2 Å². The van der Waals surface area contributed by atoms with Gasteiger partial charge in [-0.25, -0.2) is 0 Å². The summed E-state index contributed by atoms with van der Waals surface area (Å²) in [7, 11) is 0. The Kier molecular flexibility index (Phi) is 9.53. The molecule has 1 saturated heterocycles. The number of nitrogens with two attached hydrogens (primary N) is 1. The van der Waals surface area contributed by atoms with E-state index < -0.39 is 28.5 Å². The number of nitrogens with zero attached hydrogens (tertiary/aromatic N) is 3. The van der Waals surface area contributed by atoms with E-state index in [0.29, 0.717) is 25.7 Å². The first-order chi connectivity index (χ1) is 17.8. The van der Waals surface area contributed by atoms with Crippen molar-refractivity contribution in [3.8, 4) is 11.8 Å². The number of carbonyl (C=O) groups excluding carboxylic acids is 1. The fourth-order valence-electron chi connectivity index (χ4n) is 4.12. The van der Waals surface area contributed by atoms with Crippen LogP contribution in [0.3, 0.4) is 0 Å². The van der Waals surface area contributed by atoms with Crippen LogP contribution < -0.4 is 10.5 Å². The molecule has 2 fully saturated rings. The number of benzene rings is 1. The minimum Gasteiger partial charge on any atom is -0.490 e. The number of halogens is 6. The van der Waals surface area contributed by atoms with E-state index in [4.69, 9.17) is 25.9 Å². The van der Waals surface area contributed by atoms with Crippen molar-refractivity contribution in [1.82, 2.24) is 4.90 Å². The SMILES string of the molecule is N#Cc1ccc(OC2CCC(OCC(=O)N3CC[N+](=C(N)SC(=N)C(F)(F)F)CC3)CC2)cc1C(F)(F)F. The predicted molar refractivity (Wildman–Crippen MR) is 126 cm³/mol. The smallest absolute Gasteiger partial charge is 0.439 e. The molecule has 1 aliphatic carbocycles. The maximum atomic E-state index is 13.2. The number of nitriles is 1. The second-order valence-electron chi connectivity index (χ2n) is 8.78. The Hall–Kier alpha value is -2.99. The van der Waals surface area contributed by atoms with Crippen LogP contribution in [0.25, 0.3) is 0 Å². The summed E-state index contributed by atoms with van der Waals surface area (Å²) in [5, 5.41) is 14.3. The summed E-state index contributed by atoms with van der Waals surface area (Å²) < 4.78 is 90.0. The Morgan fingerprint density at radius 2 is 1.74 bits per heavy atom.